The molecule has 0 aliphatic carbocycles. The minimum atomic E-state index is -2.78. The van der Waals surface area contributed by atoms with E-state index in [1.165, 1.54) is 38.7 Å². The molecule has 2 aliphatic rings. The maximum absolute atomic E-state index is 13.5. The van der Waals surface area contributed by atoms with Crippen molar-refractivity contribution in [3.8, 4) is 0 Å². The predicted octanol–water partition coefficient (Wildman–Crippen LogP) is 9.74. The third-order valence-corrected chi connectivity index (χ3v) is 16.6. The molecule has 0 bridgehead atoms. The number of carbonyl (C=O) groups is 2. The molecule has 0 saturated heterocycles. The largest absolute Gasteiger partial charge is 0.403 e. The van der Waals surface area contributed by atoms with Gasteiger partial charge in [0.25, 0.3) is 20.1 Å². The van der Waals surface area contributed by atoms with Crippen LogP contribution in [0.4, 0.5) is 11.4 Å². The molecule has 5 aromatic carbocycles. The van der Waals surface area contributed by atoms with Crippen LogP contribution >= 0.6 is 11.8 Å². The lowest BCUT2D eigenvalue weighted by atomic mass is 10.1. The molecule has 2 aliphatic heterocycles. The first-order chi connectivity index (χ1) is 24.7. The molecule has 2 heterocycles. The maximum atomic E-state index is 13.5. The zero-order valence-corrected chi connectivity index (χ0v) is 31.8. The highest BCUT2D eigenvalue weighted by molar-refractivity contribution is 7.99. The second-order valence-corrected chi connectivity index (χ2v) is 19.9. The number of benzene rings is 5. The molecule has 0 aromatic heterocycles. The van der Waals surface area contributed by atoms with Crippen molar-refractivity contribution in [3.63, 3.8) is 0 Å². The lowest BCUT2D eigenvalue weighted by molar-refractivity contribution is 0.0641. The molecule has 5 nitrogen and oxygen atoms in total. The molecule has 0 fully saturated rings. The number of unbranched alkanes of at least 4 members (excludes halogenated alkanes) is 3. The minimum Gasteiger partial charge on any atom is -0.403 e. The van der Waals surface area contributed by atoms with E-state index in [4.69, 9.17) is 4.43 Å². The van der Waals surface area contributed by atoms with Crippen LogP contribution in [0, 0.1) is 0 Å². The molecule has 2 amide bonds. The van der Waals surface area contributed by atoms with E-state index in [0.717, 1.165) is 41.1 Å². The van der Waals surface area contributed by atoms with Crippen molar-refractivity contribution in [1.29, 1.82) is 0 Å². The Morgan fingerprint density at radius 2 is 1.14 bits per heavy atom. The Kier molecular flexibility index (Phi) is 10.1. The molecule has 0 unspecified atom stereocenters. The van der Waals surface area contributed by atoms with Gasteiger partial charge in [-0.25, -0.2) is 0 Å². The van der Waals surface area contributed by atoms with Gasteiger partial charge in [-0.15, -0.1) is 0 Å². The summed E-state index contributed by atoms with van der Waals surface area (Å²) in [7, 11) is -2.78. The molecular formula is C44H46N2O3SSi. The van der Waals surface area contributed by atoms with Gasteiger partial charge >= 0.3 is 0 Å². The molecule has 5 aromatic rings. The van der Waals surface area contributed by atoms with E-state index in [2.05, 4.69) is 130 Å². The summed E-state index contributed by atoms with van der Waals surface area (Å²) < 4.78 is 7.47. The normalized spacial score (nSPS) is 14.0. The van der Waals surface area contributed by atoms with Crippen molar-refractivity contribution in [3.05, 3.63) is 144 Å². The van der Waals surface area contributed by atoms with E-state index in [-0.39, 0.29) is 23.4 Å². The highest BCUT2D eigenvalue weighted by Crippen LogP contribution is 2.52. The van der Waals surface area contributed by atoms with Crippen molar-refractivity contribution < 1.29 is 14.0 Å². The Morgan fingerprint density at radius 1 is 0.608 bits per heavy atom. The molecular weight excluding hydrogens is 665 g/mol. The first kappa shape index (κ1) is 35.0. The van der Waals surface area contributed by atoms with E-state index in [1.54, 1.807) is 23.9 Å². The fourth-order valence-electron chi connectivity index (χ4n) is 7.71. The number of hydrogen-bond acceptors (Lipinski definition) is 5. The lowest BCUT2D eigenvalue weighted by Crippen LogP contribution is -2.66. The molecule has 0 atom stereocenters. The molecule has 51 heavy (non-hydrogen) atoms. The van der Waals surface area contributed by atoms with Crippen LogP contribution in [-0.4, -0.2) is 31.6 Å². The molecule has 7 heteroatoms. The number of carbonyl (C=O) groups excluding carboxylic acids is 2. The zero-order valence-electron chi connectivity index (χ0n) is 30.0. The van der Waals surface area contributed by atoms with E-state index < -0.39 is 8.32 Å². The topological polar surface area (TPSA) is 49.9 Å². The number of hydrogen-bond donors (Lipinski definition) is 0. The average Bonchev–Trinajstić information content (AvgIpc) is 3.38. The summed E-state index contributed by atoms with van der Waals surface area (Å²) in [6.45, 7) is 10.8. The van der Waals surface area contributed by atoms with Gasteiger partial charge in [0, 0.05) is 16.3 Å². The van der Waals surface area contributed by atoms with E-state index in [1.807, 2.05) is 12.1 Å². The van der Waals surface area contributed by atoms with E-state index >= 15 is 0 Å². The Balaban J connectivity index is 1.28. The molecule has 0 spiro atoms. The summed E-state index contributed by atoms with van der Waals surface area (Å²) in [4.78, 5) is 33.1. The molecule has 0 N–H and O–H groups in total. The standard InChI is InChI=1S/C44H46N2O3SSi/c1-5-6-7-16-29-45-38-27-17-19-32(30-46-42(47)36-25-14-15-26-37(36)43(46)48)40(38)50-41-33(20-18-28-39(41)45)31-49-51(44(2,3)4,34-21-10-8-11-22-34)35-23-12-9-13-24-35/h8-15,17-28H,5-7,16,29-31H2,1-4H3. The summed E-state index contributed by atoms with van der Waals surface area (Å²) in [5.74, 6) is -0.463. The monoisotopic (exact) mass is 710 g/mol. The van der Waals surface area contributed by atoms with Crippen LogP contribution in [0.5, 0.6) is 0 Å². The van der Waals surface area contributed by atoms with Crippen molar-refractivity contribution >= 4 is 53.6 Å². The Morgan fingerprint density at radius 3 is 1.69 bits per heavy atom. The van der Waals surface area contributed by atoms with Crippen molar-refractivity contribution in [2.45, 2.75) is 81.4 Å². The Bertz CT molecular complexity index is 1970. The summed E-state index contributed by atoms with van der Waals surface area (Å²) in [6.07, 6.45) is 4.62. The Labute approximate surface area is 307 Å². The summed E-state index contributed by atoms with van der Waals surface area (Å²) in [5, 5.41) is 2.37. The summed E-state index contributed by atoms with van der Waals surface area (Å²) >= 11 is 1.75. The predicted molar refractivity (Wildman–Crippen MR) is 211 cm³/mol. The van der Waals surface area contributed by atoms with Gasteiger partial charge in [-0.05, 0) is 57.2 Å². The molecule has 0 saturated carbocycles. The average molecular weight is 711 g/mol. The van der Waals surface area contributed by atoms with E-state index in [0.29, 0.717) is 17.7 Å². The number of rotatable bonds is 12. The highest BCUT2D eigenvalue weighted by atomic mass is 32.2. The van der Waals surface area contributed by atoms with Gasteiger partial charge in [-0.2, -0.15) is 0 Å². The van der Waals surface area contributed by atoms with Crippen molar-refractivity contribution in [1.82, 2.24) is 4.90 Å². The molecule has 0 radical (unpaired) electrons. The smallest absolute Gasteiger partial charge is 0.261 e. The highest BCUT2D eigenvalue weighted by Gasteiger charge is 2.50. The lowest BCUT2D eigenvalue weighted by Gasteiger charge is -2.43. The molecule has 7 rings (SSSR count). The minimum absolute atomic E-state index is 0.144. The third kappa shape index (κ3) is 6.48. The van der Waals surface area contributed by atoms with Crippen LogP contribution in [0.1, 0.15) is 85.2 Å². The van der Waals surface area contributed by atoms with Gasteiger partial charge in [0.15, 0.2) is 0 Å². The molecule has 260 valence electrons. The number of anilines is 2. The van der Waals surface area contributed by atoms with Gasteiger partial charge in [0.05, 0.1) is 35.7 Å². The van der Waals surface area contributed by atoms with Crippen molar-refractivity contribution in [2.24, 2.45) is 0 Å². The van der Waals surface area contributed by atoms with Crippen LogP contribution in [-0.2, 0) is 17.6 Å². The van der Waals surface area contributed by atoms with Crippen LogP contribution in [0.2, 0.25) is 5.04 Å². The van der Waals surface area contributed by atoms with Gasteiger partial charge in [0.2, 0.25) is 0 Å². The fraction of sp³-hybridized carbons (Fsp3) is 0.273. The second kappa shape index (κ2) is 14.7. The van der Waals surface area contributed by atoms with Crippen LogP contribution in [0.15, 0.2) is 131 Å². The Hall–Kier alpha value is -4.43. The summed E-state index contributed by atoms with van der Waals surface area (Å²) in [6, 6.07) is 41.6. The van der Waals surface area contributed by atoms with Crippen molar-refractivity contribution in [2.75, 3.05) is 11.4 Å². The zero-order chi connectivity index (χ0) is 35.6. The quantitative estimate of drug-likeness (QED) is 0.0733. The first-order valence-electron chi connectivity index (χ1n) is 18.1. The SMILES string of the molecule is CCCCCCN1c2cccc(CO[Si](c3ccccc3)(c3ccccc3)C(C)(C)C)c2Sc2c(CN3C(=O)c4ccccc4C3=O)cccc21. The van der Waals surface area contributed by atoms with Crippen LogP contribution in [0.25, 0.3) is 0 Å². The van der Waals surface area contributed by atoms with Crippen LogP contribution < -0.4 is 15.3 Å². The number of fused-ring (bicyclic) bond motifs is 3. The number of imide groups is 1. The fourth-order valence-corrected chi connectivity index (χ4v) is 13.5. The maximum Gasteiger partial charge on any atom is 0.261 e. The first-order valence-corrected chi connectivity index (χ1v) is 20.9. The van der Waals surface area contributed by atoms with Gasteiger partial charge in [0.1, 0.15) is 0 Å². The van der Waals surface area contributed by atoms with Crippen LogP contribution in [0.3, 0.4) is 0 Å². The van der Waals surface area contributed by atoms with E-state index in [9.17, 15) is 9.59 Å². The second-order valence-electron chi connectivity index (χ2n) is 14.5. The number of amides is 2. The summed E-state index contributed by atoms with van der Waals surface area (Å²) in [5.41, 5.74) is 5.38. The van der Waals surface area contributed by atoms with Gasteiger partial charge < -0.3 is 9.33 Å². The number of nitrogens with zero attached hydrogens (tertiary/aromatic N) is 2. The third-order valence-electron chi connectivity index (χ3n) is 10.2. The van der Waals surface area contributed by atoms with Gasteiger partial charge in [-0.3, -0.25) is 14.5 Å². The van der Waals surface area contributed by atoms with Gasteiger partial charge in [-0.1, -0.05) is 156 Å².